The number of pyridine rings is 1. The third-order valence-corrected chi connectivity index (χ3v) is 7.70. The Bertz CT molecular complexity index is 1040. The Labute approximate surface area is 167 Å². The SMILES string of the molecule is CC(C)(CN1CCCCC1)C1=C2CC(=C1)C(C#N)=C2S(=O)(=O)c1ccccn1. The molecule has 0 aromatic carbocycles. The lowest BCUT2D eigenvalue weighted by Gasteiger charge is -2.36. The van der Waals surface area contributed by atoms with Crippen LogP contribution in [0.25, 0.3) is 0 Å². The highest BCUT2D eigenvalue weighted by Crippen LogP contribution is 2.51. The quantitative estimate of drug-likeness (QED) is 0.758. The number of rotatable bonds is 5. The van der Waals surface area contributed by atoms with E-state index in [1.807, 2.05) is 0 Å². The van der Waals surface area contributed by atoms with E-state index in [-0.39, 0.29) is 20.9 Å². The van der Waals surface area contributed by atoms with Crippen LogP contribution in [0.4, 0.5) is 0 Å². The lowest BCUT2D eigenvalue weighted by atomic mass is 9.80. The fourth-order valence-corrected chi connectivity index (χ4v) is 6.27. The summed E-state index contributed by atoms with van der Waals surface area (Å²) in [5.74, 6) is 0. The van der Waals surface area contributed by atoms with Gasteiger partial charge < -0.3 is 4.90 Å². The van der Waals surface area contributed by atoms with Gasteiger partial charge in [0.15, 0.2) is 5.03 Å². The first-order chi connectivity index (χ1) is 13.3. The summed E-state index contributed by atoms with van der Waals surface area (Å²) in [6, 6.07) is 6.98. The third-order valence-electron chi connectivity index (χ3n) is 5.92. The Morgan fingerprint density at radius 1 is 1.21 bits per heavy atom. The molecule has 146 valence electrons. The molecule has 1 fully saturated rings. The second kappa shape index (κ2) is 6.98. The Kier molecular flexibility index (Phi) is 4.76. The van der Waals surface area contributed by atoms with Gasteiger partial charge in [-0.25, -0.2) is 13.4 Å². The number of nitriles is 1. The fraction of sp³-hybridized carbons (Fsp3) is 0.455. The van der Waals surface area contributed by atoms with Crippen molar-refractivity contribution in [1.29, 1.82) is 5.26 Å². The van der Waals surface area contributed by atoms with Crippen LogP contribution in [-0.2, 0) is 9.84 Å². The molecule has 1 saturated heterocycles. The zero-order chi connectivity index (χ0) is 19.9. The normalized spacial score (nSPS) is 20.5. The molecule has 0 amide bonds. The van der Waals surface area contributed by atoms with Crippen molar-refractivity contribution >= 4 is 9.84 Å². The predicted octanol–water partition coefficient (Wildman–Crippen LogP) is 3.79. The van der Waals surface area contributed by atoms with Crippen LogP contribution >= 0.6 is 0 Å². The summed E-state index contributed by atoms with van der Waals surface area (Å²) < 4.78 is 26.6. The summed E-state index contributed by atoms with van der Waals surface area (Å²) in [7, 11) is -3.82. The molecular weight excluding hydrogens is 370 g/mol. The van der Waals surface area contributed by atoms with Gasteiger partial charge >= 0.3 is 0 Å². The van der Waals surface area contributed by atoms with Crippen molar-refractivity contribution in [3.8, 4) is 6.07 Å². The summed E-state index contributed by atoms with van der Waals surface area (Å²) in [6.07, 6.45) is 7.79. The van der Waals surface area contributed by atoms with Crippen molar-refractivity contribution in [2.24, 2.45) is 5.41 Å². The minimum Gasteiger partial charge on any atom is -0.302 e. The number of hydrogen-bond donors (Lipinski definition) is 0. The van der Waals surface area contributed by atoms with Crippen molar-refractivity contribution in [3.63, 3.8) is 0 Å². The molecule has 0 unspecified atom stereocenters. The number of aromatic nitrogens is 1. The summed E-state index contributed by atoms with van der Waals surface area (Å²) in [5.41, 5.74) is 2.79. The number of likely N-dealkylation sites (tertiary alicyclic amines) is 1. The van der Waals surface area contributed by atoms with Crippen molar-refractivity contribution in [3.05, 3.63) is 57.7 Å². The van der Waals surface area contributed by atoms with Crippen LogP contribution in [-0.4, -0.2) is 37.9 Å². The molecule has 2 heterocycles. The van der Waals surface area contributed by atoms with Crippen LogP contribution in [0.1, 0.15) is 39.5 Å². The molecule has 1 aliphatic heterocycles. The van der Waals surface area contributed by atoms with Crippen LogP contribution in [0.15, 0.2) is 62.7 Å². The maximum absolute atomic E-state index is 13.3. The van der Waals surface area contributed by atoms with Gasteiger partial charge in [0.25, 0.3) is 0 Å². The summed E-state index contributed by atoms with van der Waals surface area (Å²) in [6.45, 7) is 7.45. The first kappa shape index (κ1) is 19.1. The molecular formula is C22H25N3O2S. The number of nitrogens with zero attached hydrogens (tertiary/aromatic N) is 3. The van der Waals surface area contributed by atoms with Crippen molar-refractivity contribution in [2.75, 3.05) is 19.6 Å². The Balaban J connectivity index is 1.76. The molecule has 1 aromatic heterocycles. The first-order valence-corrected chi connectivity index (χ1v) is 11.3. The van der Waals surface area contributed by atoms with Gasteiger partial charge in [-0.05, 0) is 54.8 Å². The van der Waals surface area contributed by atoms with Crippen molar-refractivity contribution in [1.82, 2.24) is 9.88 Å². The predicted molar refractivity (Wildman–Crippen MR) is 108 cm³/mol. The molecule has 2 aliphatic carbocycles. The number of fused-ring (bicyclic) bond motifs is 2. The average Bonchev–Trinajstić information content (AvgIpc) is 3.28. The Hall–Kier alpha value is -2.23. The van der Waals surface area contributed by atoms with Gasteiger partial charge in [-0.3, -0.25) is 0 Å². The molecule has 0 radical (unpaired) electrons. The van der Waals surface area contributed by atoms with E-state index < -0.39 is 9.84 Å². The van der Waals surface area contributed by atoms with E-state index in [0.717, 1.165) is 36.4 Å². The third kappa shape index (κ3) is 3.13. The second-order valence-corrected chi connectivity index (χ2v) is 10.3. The summed E-state index contributed by atoms with van der Waals surface area (Å²) in [4.78, 5) is 6.70. The molecule has 5 nitrogen and oxygen atoms in total. The lowest BCUT2D eigenvalue weighted by Crippen LogP contribution is -2.38. The van der Waals surface area contributed by atoms with Gasteiger partial charge in [0.05, 0.1) is 10.5 Å². The number of sulfone groups is 1. The molecule has 1 aromatic rings. The standard InChI is InChI=1S/C22H25N3O2S/c1-22(2,15-25-10-6-3-7-11-25)19-13-16-12-17(19)21(18(16)14-23)28(26,27)20-8-4-5-9-24-20/h4-5,8-9,13H,3,6-7,10-12,15H2,1-2H3. The minimum atomic E-state index is -3.82. The molecule has 0 spiro atoms. The molecule has 4 rings (SSSR count). The topological polar surface area (TPSA) is 74.1 Å². The van der Waals surface area contributed by atoms with E-state index in [9.17, 15) is 13.7 Å². The van der Waals surface area contributed by atoms with Gasteiger partial charge in [0.2, 0.25) is 9.84 Å². The second-order valence-electron chi connectivity index (χ2n) is 8.45. The molecule has 3 aliphatic rings. The van der Waals surface area contributed by atoms with E-state index in [4.69, 9.17) is 0 Å². The van der Waals surface area contributed by atoms with Crippen LogP contribution in [0.3, 0.4) is 0 Å². The zero-order valence-corrected chi connectivity index (χ0v) is 17.2. The number of allylic oxidation sites excluding steroid dienone is 4. The zero-order valence-electron chi connectivity index (χ0n) is 16.4. The van der Waals surface area contributed by atoms with E-state index in [0.29, 0.717) is 6.42 Å². The monoisotopic (exact) mass is 395 g/mol. The average molecular weight is 396 g/mol. The largest absolute Gasteiger partial charge is 0.302 e. The van der Waals surface area contributed by atoms with E-state index >= 15 is 0 Å². The van der Waals surface area contributed by atoms with Crippen LogP contribution in [0.2, 0.25) is 0 Å². The van der Waals surface area contributed by atoms with Crippen LogP contribution in [0, 0.1) is 16.7 Å². The van der Waals surface area contributed by atoms with Crippen molar-refractivity contribution in [2.45, 2.75) is 44.6 Å². The Morgan fingerprint density at radius 3 is 2.61 bits per heavy atom. The fourth-order valence-electron chi connectivity index (χ4n) is 4.65. The Morgan fingerprint density at radius 2 is 1.96 bits per heavy atom. The van der Waals surface area contributed by atoms with Gasteiger partial charge in [-0.15, -0.1) is 0 Å². The summed E-state index contributed by atoms with van der Waals surface area (Å²) in [5, 5.41) is 9.66. The van der Waals surface area contributed by atoms with Crippen LogP contribution < -0.4 is 0 Å². The van der Waals surface area contributed by atoms with Gasteiger partial charge in [0.1, 0.15) is 6.07 Å². The molecule has 2 bridgehead atoms. The molecule has 0 N–H and O–H groups in total. The molecule has 6 heteroatoms. The first-order valence-electron chi connectivity index (χ1n) is 9.82. The van der Waals surface area contributed by atoms with Gasteiger partial charge in [-0.2, -0.15) is 5.26 Å². The van der Waals surface area contributed by atoms with Gasteiger partial charge in [-0.1, -0.05) is 32.4 Å². The molecule has 28 heavy (non-hydrogen) atoms. The van der Waals surface area contributed by atoms with Crippen LogP contribution in [0.5, 0.6) is 0 Å². The highest BCUT2D eigenvalue weighted by molar-refractivity contribution is 7.95. The number of piperidine rings is 1. The molecule has 0 atom stereocenters. The van der Waals surface area contributed by atoms with E-state index in [1.165, 1.54) is 31.5 Å². The minimum absolute atomic E-state index is 0.00610. The van der Waals surface area contributed by atoms with Gasteiger partial charge in [0, 0.05) is 24.6 Å². The highest BCUT2D eigenvalue weighted by Gasteiger charge is 2.43. The van der Waals surface area contributed by atoms with Crippen molar-refractivity contribution < 1.29 is 8.42 Å². The maximum atomic E-state index is 13.3. The van der Waals surface area contributed by atoms with E-state index in [1.54, 1.807) is 12.1 Å². The maximum Gasteiger partial charge on any atom is 0.225 e. The lowest BCUT2D eigenvalue weighted by molar-refractivity contribution is 0.174. The molecule has 0 saturated carbocycles. The summed E-state index contributed by atoms with van der Waals surface area (Å²) >= 11 is 0. The van der Waals surface area contributed by atoms with E-state index in [2.05, 4.69) is 35.9 Å². The smallest absolute Gasteiger partial charge is 0.225 e. The number of hydrogen-bond acceptors (Lipinski definition) is 5. The highest BCUT2D eigenvalue weighted by atomic mass is 32.2.